The maximum atomic E-state index is 12.4. The van der Waals surface area contributed by atoms with Gasteiger partial charge < -0.3 is 15.2 Å². The fourth-order valence-corrected chi connectivity index (χ4v) is 2.77. The fraction of sp³-hybridized carbons (Fsp3) is 0.125. The predicted octanol–water partition coefficient (Wildman–Crippen LogP) is 4.14. The zero-order chi connectivity index (χ0) is 17.9. The summed E-state index contributed by atoms with van der Waals surface area (Å²) in [7, 11) is 1.50. The summed E-state index contributed by atoms with van der Waals surface area (Å²) in [4.78, 5) is 12.4. The summed E-state index contributed by atoms with van der Waals surface area (Å²) >= 11 is 16.8. The number of hydrogen-bond donors (Lipinski definition) is 3. The molecule has 2 aromatic carbocycles. The van der Waals surface area contributed by atoms with Gasteiger partial charge in [0.1, 0.15) is 5.75 Å². The average molecular weight is 385 g/mol. The summed E-state index contributed by atoms with van der Waals surface area (Å²) < 4.78 is 5.25. The summed E-state index contributed by atoms with van der Waals surface area (Å²) in [5, 5.41) is 15.1. The van der Waals surface area contributed by atoms with Crippen molar-refractivity contribution in [3.8, 4) is 11.5 Å². The first-order valence-electron chi connectivity index (χ1n) is 6.77. The van der Waals surface area contributed by atoms with Gasteiger partial charge in [-0.15, -0.1) is 0 Å². The highest BCUT2D eigenvalue weighted by molar-refractivity contribution is 7.80. The standard InChI is InChI=1S/C16H14Cl2N2O3S/c1-8-4-3-5-10(14(8)23-2)15(22)20-16(24)19-9-6-11(17)13(21)12(18)7-9/h3-7,21H,1-2H3,(H2,19,20,22,24). The summed E-state index contributed by atoms with van der Waals surface area (Å²) in [6.45, 7) is 1.84. The Kier molecular flexibility index (Phi) is 5.88. The van der Waals surface area contributed by atoms with Crippen LogP contribution >= 0.6 is 35.4 Å². The van der Waals surface area contributed by atoms with Gasteiger partial charge in [0.2, 0.25) is 0 Å². The highest BCUT2D eigenvalue weighted by atomic mass is 35.5. The molecule has 126 valence electrons. The maximum Gasteiger partial charge on any atom is 0.261 e. The lowest BCUT2D eigenvalue weighted by atomic mass is 10.1. The second kappa shape index (κ2) is 7.70. The number of thiocarbonyl (C=S) groups is 1. The van der Waals surface area contributed by atoms with E-state index in [0.29, 0.717) is 17.0 Å². The first-order chi connectivity index (χ1) is 11.3. The largest absolute Gasteiger partial charge is 0.505 e. The van der Waals surface area contributed by atoms with Crippen molar-refractivity contribution in [1.82, 2.24) is 5.32 Å². The Bertz CT molecular complexity index is 789. The van der Waals surface area contributed by atoms with Gasteiger partial charge in [0.25, 0.3) is 5.91 Å². The third-order valence-electron chi connectivity index (χ3n) is 3.16. The van der Waals surface area contributed by atoms with E-state index in [1.165, 1.54) is 19.2 Å². The van der Waals surface area contributed by atoms with Crippen molar-refractivity contribution in [3.05, 3.63) is 51.5 Å². The van der Waals surface area contributed by atoms with Gasteiger partial charge >= 0.3 is 0 Å². The summed E-state index contributed by atoms with van der Waals surface area (Å²) in [6.07, 6.45) is 0. The van der Waals surface area contributed by atoms with Crippen LogP contribution in [-0.4, -0.2) is 23.2 Å². The summed E-state index contributed by atoms with van der Waals surface area (Å²) in [6, 6.07) is 8.11. The molecule has 0 aliphatic heterocycles. The molecule has 0 spiro atoms. The molecule has 3 N–H and O–H groups in total. The topological polar surface area (TPSA) is 70.6 Å². The molecular weight excluding hydrogens is 371 g/mol. The van der Waals surface area contributed by atoms with Gasteiger partial charge in [-0.05, 0) is 42.9 Å². The van der Waals surface area contributed by atoms with E-state index in [0.717, 1.165) is 5.56 Å². The van der Waals surface area contributed by atoms with E-state index in [1.807, 2.05) is 13.0 Å². The van der Waals surface area contributed by atoms with Crippen molar-refractivity contribution in [3.63, 3.8) is 0 Å². The zero-order valence-corrected chi connectivity index (χ0v) is 15.1. The van der Waals surface area contributed by atoms with Gasteiger partial charge in [-0.3, -0.25) is 10.1 Å². The van der Waals surface area contributed by atoms with Gasteiger partial charge in [0.15, 0.2) is 10.9 Å². The van der Waals surface area contributed by atoms with Crippen LogP contribution < -0.4 is 15.4 Å². The minimum absolute atomic E-state index is 0.0568. The van der Waals surface area contributed by atoms with E-state index in [1.54, 1.807) is 12.1 Å². The lowest BCUT2D eigenvalue weighted by molar-refractivity contribution is 0.0974. The van der Waals surface area contributed by atoms with Crippen LogP contribution in [0.15, 0.2) is 30.3 Å². The number of aryl methyl sites for hydroxylation is 1. The summed E-state index contributed by atoms with van der Waals surface area (Å²) in [5.74, 6) is -0.152. The van der Waals surface area contributed by atoms with Crippen LogP contribution in [-0.2, 0) is 0 Å². The zero-order valence-electron chi connectivity index (χ0n) is 12.8. The number of phenols is 1. The molecule has 1 amide bonds. The Morgan fingerprint density at radius 2 is 1.88 bits per heavy atom. The number of para-hydroxylation sites is 1. The van der Waals surface area contributed by atoms with E-state index in [9.17, 15) is 9.90 Å². The van der Waals surface area contributed by atoms with Gasteiger partial charge in [-0.1, -0.05) is 35.3 Å². The summed E-state index contributed by atoms with van der Waals surface area (Å²) in [5.41, 5.74) is 1.63. The number of carbonyl (C=O) groups is 1. The van der Waals surface area contributed by atoms with Crippen LogP contribution in [0.25, 0.3) is 0 Å². The van der Waals surface area contributed by atoms with Crippen molar-refractivity contribution in [2.24, 2.45) is 0 Å². The molecule has 5 nitrogen and oxygen atoms in total. The molecule has 0 fully saturated rings. The number of rotatable bonds is 3. The van der Waals surface area contributed by atoms with Crippen molar-refractivity contribution in [2.45, 2.75) is 6.92 Å². The fourth-order valence-electron chi connectivity index (χ4n) is 2.07. The van der Waals surface area contributed by atoms with Crippen molar-refractivity contribution < 1.29 is 14.6 Å². The molecule has 0 aliphatic carbocycles. The molecular formula is C16H14Cl2N2O3S. The SMILES string of the molecule is COc1c(C)cccc1C(=O)NC(=S)Nc1cc(Cl)c(O)c(Cl)c1. The number of aromatic hydroxyl groups is 1. The molecule has 0 radical (unpaired) electrons. The molecule has 2 rings (SSSR count). The van der Waals surface area contributed by atoms with Crippen molar-refractivity contribution >= 4 is 52.1 Å². The number of phenolic OH excluding ortho intramolecular Hbond substituents is 1. The van der Waals surface area contributed by atoms with Gasteiger partial charge in [0.05, 0.1) is 22.7 Å². The van der Waals surface area contributed by atoms with Crippen molar-refractivity contribution in [2.75, 3.05) is 12.4 Å². The molecule has 0 bridgehead atoms. The number of nitrogens with one attached hydrogen (secondary N) is 2. The number of benzene rings is 2. The molecule has 0 heterocycles. The maximum absolute atomic E-state index is 12.4. The number of amides is 1. The predicted molar refractivity (Wildman–Crippen MR) is 99.5 cm³/mol. The molecule has 0 unspecified atom stereocenters. The normalized spacial score (nSPS) is 10.2. The number of anilines is 1. The van der Waals surface area contributed by atoms with E-state index < -0.39 is 5.91 Å². The monoisotopic (exact) mass is 384 g/mol. The van der Waals surface area contributed by atoms with Crippen LogP contribution in [0, 0.1) is 6.92 Å². The quantitative estimate of drug-likeness (QED) is 0.547. The van der Waals surface area contributed by atoms with Crippen LogP contribution in [0.2, 0.25) is 10.0 Å². The van der Waals surface area contributed by atoms with Crippen LogP contribution in [0.5, 0.6) is 11.5 Å². The minimum Gasteiger partial charge on any atom is -0.505 e. The molecule has 0 aliphatic rings. The molecule has 0 atom stereocenters. The number of methoxy groups -OCH3 is 1. The Morgan fingerprint density at radius 1 is 1.25 bits per heavy atom. The Morgan fingerprint density at radius 3 is 2.46 bits per heavy atom. The number of hydrogen-bond acceptors (Lipinski definition) is 4. The molecule has 24 heavy (non-hydrogen) atoms. The van der Waals surface area contributed by atoms with Crippen LogP contribution in [0.1, 0.15) is 15.9 Å². The van der Waals surface area contributed by atoms with Gasteiger partial charge in [-0.25, -0.2) is 0 Å². The highest BCUT2D eigenvalue weighted by Crippen LogP contribution is 2.34. The number of carbonyl (C=O) groups excluding carboxylic acids is 1. The lowest BCUT2D eigenvalue weighted by Crippen LogP contribution is -2.34. The number of halogens is 2. The Hall–Kier alpha value is -2.02. The number of ether oxygens (including phenoxy) is 1. The third kappa shape index (κ3) is 4.08. The molecule has 0 aromatic heterocycles. The molecule has 8 heteroatoms. The van der Waals surface area contributed by atoms with Gasteiger partial charge in [0, 0.05) is 5.69 Å². The average Bonchev–Trinajstić information content (AvgIpc) is 2.52. The first-order valence-corrected chi connectivity index (χ1v) is 7.94. The second-order valence-electron chi connectivity index (χ2n) is 4.85. The lowest BCUT2D eigenvalue weighted by Gasteiger charge is -2.13. The Balaban J connectivity index is 2.13. The Labute approximate surface area is 154 Å². The highest BCUT2D eigenvalue weighted by Gasteiger charge is 2.15. The van der Waals surface area contributed by atoms with Crippen molar-refractivity contribution in [1.29, 1.82) is 0 Å². The molecule has 2 aromatic rings. The smallest absolute Gasteiger partial charge is 0.261 e. The van der Waals surface area contributed by atoms with Gasteiger partial charge in [-0.2, -0.15) is 0 Å². The molecule has 0 saturated heterocycles. The van der Waals surface area contributed by atoms with Crippen LogP contribution in [0.4, 0.5) is 5.69 Å². The van der Waals surface area contributed by atoms with E-state index in [2.05, 4.69) is 10.6 Å². The molecule has 0 saturated carbocycles. The third-order valence-corrected chi connectivity index (χ3v) is 3.94. The van der Waals surface area contributed by atoms with Crippen LogP contribution in [0.3, 0.4) is 0 Å². The van der Waals surface area contributed by atoms with E-state index >= 15 is 0 Å². The minimum atomic E-state index is -0.413. The second-order valence-corrected chi connectivity index (χ2v) is 6.08. The van der Waals surface area contributed by atoms with E-state index in [-0.39, 0.29) is 20.9 Å². The first kappa shape index (κ1) is 18.3. The van der Waals surface area contributed by atoms with E-state index in [4.69, 9.17) is 40.2 Å².